The Labute approximate surface area is 172 Å². The third-order valence-electron chi connectivity index (χ3n) is 5.10. The van der Waals surface area contributed by atoms with Crippen LogP contribution in [0.5, 0.6) is 0 Å². The first-order chi connectivity index (χ1) is 14.6. The Morgan fingerprint density at radius 1 is 1.13 bits per heavy atom. The fraction of sp³-hybridized carbons (Fsp3) is 0.333. The summed E-state index contributed by atoms with van der Waals surface area (Å²) in [6.45, 7) is 3.21. The van der Waals surface area contributed by atoms with E-state index in [0.29, 0.717) is 61.5 Å². The van der Waals surface area contributed by atoms with Gasteiger partial charge >= 0.3 is 11.8 Å². The number of fused-ring (bicyclic) bond motifs is 1. The van der Waals surface area contributed by atoms with Gasteiger partial charge in [-0.25, -0.2) is 9.59 Å². The van der Waals surface area contributed by atoms with E-state index in [1.807, 2.05) is 18.2 Å². The number of rotatable bonds is 6. The summed E-state index contributed by atoms with van der Waals surface area (Å²) in [7, 11) is 0. The van der Waals surface area contributed by atoms with Crippen molar-refractivity contribution in [2.45, 2.75) is 13.0 Å². The third-order valence-corrected chi connectivity index (χ3v) is 5.10. The number of aromatic amines is 1. The average Bonchev–Trinajstić information content (AvgIpc) is 3.16. The standard InChI is InChI=1S/C21H22N4O5/c26-18(15-4-5-17-19(13-15)30-20(27)23-17)6-8-24-9-11-25(12-10-24)21(28)29-14-16-3-1-2-7-22-16/h1-5,7,13H,6,8-12,14H2,(H,23,27). The zero-order valence-electron chi connectivity index (χ0n) is 16.4. The molecule has 1 aromatic carbocycles. The number of Topliss-reactive ketones (excluding diaryl/α,β-unsaturated/α-hetero) is 1. The number of nitrogens with zero attached hydrogens (tertiary/aromatic N) is 3. The molecule has 9 nitrogen and oxygen atoms in total. The molecule has 1 fully saturated rings. The highest BCUT2D eigenvalue weighted by atomic mass is 16.6. The number of aromatic nitrogens is 2. The second kappa shape index (κ2) is 8.91. The smallest absolute Gasteiger partial charge is 0.417 e. The van der Waals surface area contributed by atoms with Gasteiger partial charge in [-0.15, -0.1) is 0 Å². The number of ketones is 1. The predicted octanol–water partition coefficient (Wildman–Crippen LogP) is 2.04. The maximum absolute atomic E-state index is 12.5. The van der Waals surface area contributed by atoms with E-state index in [9.17, 15) is 14.4 Å². The van der Waals surface area contributed by atoms with Crippen LogP contribution < -0.4 is 5.76 Å². The van der Waals surface area contributed by atoms with Crippen LogP contribution in [0.1, 0.15) is 22.5 Å². The first-order valence-electron chi connectivity index (χ1n) is 9.78. The number of oxazole rings is 1. The van der Waals surface area contributed by atoms with E-state index < -0.39 is 5.76 Å². The maximum atomic E-state index is 12.5. The van der Waals surface area contributed by atoms with E-state index in [-0.39, 0.29) is 18.5 Å². The molecule has 9 heteroatoms. The van der Waals surface area contributed by atoms with Gasteiger partial charge in [0.1, 0.15) is 6.61 Å². The van der Waals surface area contributed by atoms with Crippen LogP contribution in [0.15, 0.2) is 51.8 Å². The molecule has 0 unspecified atom stereocenters. The third kappa shape index (κ3) is 4.74. The zero-order chi connectivity index (χ0) is 20.9. The minimum atomic E-state index is -0.536. The molecular weight excluding hydrogens is 388 g/mol. The Kier molecular flexibility index (Phi) is 5.89. The Balaban J connectivity index is 1.21. The minimum absolute atomic E-state index is 0.0158. The van der Waals surface area contributed by atoms with Gasteiger partial charge in [0.2, 0.25) is 0 Å². The van der Waals surface area contributed by atoms with E-state index >= 15 is 0 Å². The Hall–Kier alpha value is -3.46. The number of H-pyrrole nitrogens is 1. The fourth-order valence-corrected chi connectivity index (χ4v) is 3.39. The Morgan fingerprint density at radius 3 is 2.73 bits per heavy atom. The van der Waals surface area contributed by atoms with Crippen molar-refractivity contribution in [3.05, 3.63) is 64.4 Å². The van der Waals surface area contributed by atoms with Crippen molar-refractivity contribution in [3.63, 3.8) is 0 Å². The van der Waals surface area contributed by atoms with Crippen molar-refractivity contribution in [2.24, 2.45) is 0 Å². The molecular formula is C21H22N4O5. The van der Waals surface area contributed by atoms with Gasteiger partial charge in [0, 0.05) is 50.9 Å². The lowest BCUT2D eigenvalue weighted by Crippen LogP contribution is -2.49. The summed E-state index contributed by atoms with van der Waals surface area (Å²) >= 11 is 0. The molecule has 4 rings (SSSR count). The molecule has 0 aliphatic carbocycles. The van der Waals surface area contributed by atoms with Crippen LogP contribution in [-0.2, 0) is 11.3 Å². The van der Waals surface area contributed by atoms with Gasteiger partial charge in [-0.3, -0.25) is 19.7 Å². The molecule has 1 N–H and O–H groups in total. The van der Waals surface area contributed by atoms with Crippen molar-refractivity contribution >= 4 is 23.0 Å². The van der Waals surface area contributed by atoms with Crippen LogP contribution in [0.25, 0.3) is 11.1 Å². The highest BCUT2D eigenvalue weighted by Gasteiger charge is 2.22. The van der Waals surface area contributed by atoms with Gasteiger partial charge < -0.3 is 14.1 Å². The average molecular weight is 410 g/mol. The summed E-state index contributed by atoms with van der Waals surface area (Å²) in [6, 6.07) is 10.4. The van der Waals surface area contributed by atoms with Crippen LogP contribution in [-0.4, -0.2) is 64.4 Å². The Morgan fingerprint density at radius 2 is 1.97 bits per heavy atom. The summed E-state index contributed by atoms with van der Waals surface area (Å²) < 4.78 is 10.3. The van der Waals surface area contributed by atoms with Gasteiger partial charge in [0.15, 0.2) is 11.4 Å². The molecule has 1 saturated heterocycles. The van der Waals surface area contributed by atoms with Crippen LogP contribution in [0.2, 0.25) is 0 Å². The number of pyridine rings is 1. The molecule has 1 aliphatic heterocycles. The normalized spacial score (nSPS) is 14.7. The molecule has 3 aromatic rings. The highest BCUT2D eigenvalue weighted by Crippen LogP contribution is 2.14. The number of carbonyl (C=O) groups excluding carboxylic acids is 2. The lowest BCUT2D eigenvalue weighted by atomic mass is 10.1. The lowest BCUT2D eigenvalue weighted by Gasteiger charge is -2.33. The molecule has 1 aliphatic rings. The van der Waals surface area contributed by atoms with Crippen LogP contribution in [0, 0.1) is 0 Å². The molecule has 0 saturated carbocycles. The zero-order valence-corrected chi connectivity index (χ0v) is 16.4. The molecule has 0 bridgehead atoms. The van der Waals surface area contributed by atoms with Crippen molar-refractivity contribution in [1.82, 2.24) is 19.8 Å². The number of ether oxygens (including phenoxy) is 1. The number of hydrogen-bond acceptors (Lipinski definition) is 7. The van der Waals surface area contributed by atoms with Crippen molar-refractivity contribution in [1.29, 1.82) is 0 Å². The number of amides is 1. The first kappa shape index (κ1) is 19.8. The van der Waals surface area contributed by atoms with Gasteiger partial charge in [0.25, 0.3) is 0 Å². The second-order valence-electron chi connectivity index (χ2n) is 7.10. The van der Waals surface area contributed by atoms with Crippen molar-refractivity contribution < 1.29 is 18.7 Å². The summed E-state index contributed by atoms with van der Waals surface area (Å²) in [5.41, 5.74) is 2.17. The van der Waals surface area contributed by atoms with Crippen LogP contribution in [0.3, 0.4) is 0 Å². The maximum Gasteiger partial charge on any atom is 0.417 e. The molecule has 1 amide bonds. The second-order valence-corrected chi connectivity index (χ2v) is 7.10. The largest absolute Gasteiger partial charge is 0.443 e. The molecule has 3 heterocycles. The molecule has 0 radical (unpaired) electrons. The van der Waals surface area contributed by atoms with E-state index in [0.717, 1.165) is 0 Å². The van der Waals surface area contributed by atoms with Crippen molar-refractivity contribution in [3.8, 4) is 0 Å². The fourth-order valence-electron chi connectivity index (χ4n) is 3.39. The van der Waals surface area contributed by atoms with Gasteiger partial charge in [0.05, 0.1) is 11.2 Å². The van der Waals surface area contributed by atoms with Crippen LogP contribution >= 0.6 is 0 Å². The predicted molar refractivity (Wildman–Crippen MR) is 108 cm³/mol. The molecule has 0 atom stereocenters. The summed E-state index contributed by atoms with van der Waals surface area (Å²) in [5.74, 6) is -0.552. The van der Waals surface area contributed by atoms with Gasteiger partial charge in [-0.2, -0.15) is 0 Å². The SMILES string of the molecule is O=C(CCN1CCN(C(=O)OCc2ccccn2)CC1)c1ccc2[nH]c(=O)oc2c1. The van der Waals surface area contributed by atoms with Crippen LogP contribution in [0.4, 0.5) is 4.79 Å². The number of benzene rings is 1. The number of piperazine rings is 1. The first-order valence-corrected chi connectivity index (χ1v) is 9.78. The van der Waals surface area contributed by atoms with E-state index in [1.54, 1.807) is 29.3 Å². The molecule has 0 spiro atoms. The minimum Gasteiger partial charge on any atom is -0.443 e. The highest BCUT2D eigenvalue weighted by molar-refractivity contribution is 5.98. The van der Waals surface area contributed by atoms with Gasteiger partial charge in [-0.05, 0) is 30.3 Å². The van der Waals surface area contributed by atoms with Gasteiger partial charge in [-0.1, -0.05) is 6.07 Å². The summed E-state index contributed by atoms with van der Waals surface area (Å²) in [5, 5.41) is 0. The lowest BCUT2D eigenvalue weighted by molar-refractivity contribution is 0.0690. The number of nitrogens with one attached hydrogen (secondary N) is 1. The van der Waals surface area contributed by atoms with E-state index in [4.69, 9.17) is 9.15 Å². The summed E-state index contributed by atoms with van der Waals surface area (Å²) in [6.07, 6.45) is 1.66. The summed E-state index contributed by atoms with van der Waals surface area (Å²) in [4.78, 5) is 46.4. The number of carbonyl (C=O) groups is 2. The number of hydrogen-bond donors (Lipinski definition) is 1. The molecule has 156 valence electrons. The molecule has 30 heavy (non-hydrogen) atoms. The molecule has 2 aromatic heterocycles. The monoisotopic (exact) mass is 410 g/mol. The Bertz CT molecular complexity index is 1080. The topological polar surface area (TPSA) is 109 Å². The quantitative estimate of drug-likeness (QED) is 0.620. The van der Waals surface area contributed by atoms with Crippen molar-refractivity contribution in [2.75, 3.05) is 32.7 Å². The van der Waals surface area contributed by atoms with E-state index in [2.05, 4.69) is 14.9 Å². The van der Waals surface area contributed by atoms with E-state index in [1.165, 1.54) is 0 Å².